The highest BCUT2D eigenvalue weighted by atomic mass is 79.9. The Morgan fingerprint density at radius 3 is 2.42 bits per heavy atom. The van der Waals surface area contributed by atoms with Crippen molar-refractivity contribution >= 4 is 43.0 Å². The number of amides is 1. The third-order valence-electron chi connectivity index (χ3n) is 4.48. The summed E-state index contributed by atoms with van der Waals surface area (Å²) in [5.74, 6) is -0.147. The van der Waals surface area contributed by atoms with Crippen LogP contribution in [-0.2, 0) is 14.8 Å². The molecule has 134 valence electrons. The first-order valence-electron chi connectivity index (χ1n) is 8.34. The number of sulfonamides is 1. The summed E-state index contributed by atoms with van der Waals surface area (Å²) in [6, 6.07) is 14.3. The SMILES string of the molecule is O=C1NCC(c2cccc(Br)c2)=C1c1ccc(S(=O)(=O)NC2CC2)cc1. The van der Waals surface area contributed by atoms with Crippen molar-refractivity contribution in [1.82, 2.24) is 10.0 Å². The van der Waals surface area contributed by atoms with Gasteiger partial charge in [-0.3, -0.25) is 4.79 Å². The summed E-state index contributed by atoms with van der Waals surface area (Å²) in [5.41, 5.74) is 3.16. The van der Waals surface area contributed by atoms with E-state index in [2.05, 4.69) is 26.0 Å². The van der Waals surface area contributed by atoms with Crippen LogP contribution >= 0.6 is 15.9 Å². The molecule has 7 heteroatoms. The fraction of sp³-hybridized carbons (Fsp3) is 0.211. The van der Waals surface area contributed by atoms with Crippen LogP contribution < -0.4 is 10.0 Å². The molecule has 1 saturated carbocycles. The Morgan fingerprint density at radius 2 is 1.77 bits per heavy atom. The van der Waals surface area contributed by atoms with E-state index in [9.17, 15) is 13.2 Å². The van der Waals surface area contributed by atoms with Crippen molar-refractivity contribution < 1.29 is 13.2 Å². The summed E-state index contributed by atoms with van der Waals surface area (Å²) in [4.78, 5) is 12.6. The molecule has 2 aromatic rings. The summed E-state index contributed by atoms with van der Waals surface area (Å²) in [6.45, 7) is 0.452. The minimum atomic E-state index is -3.49. The summed E-state index contributed by atoms with van der Waals surface area (Å²) < 4.78 is 28.2. The Hall–Kier alpha value is -1.96. The van der Waals surface area contributed by atoms with Gasteiger partial charge >= 0.3 is 0 Å². The van der Waals surface area contributed by atoms with Gasteiger partial charge in [-0.1, -0.05) is 40.2 Å². The molecule has 5 nitrogen and oxygen atoms in total. The molecule has 26 heavy (non-hydrogen) atoms. The lowest BCUT2D eigenvalue weighted by molar-refractivity contribution is -0.114. The van der Waals surface area contributed by atoms with E-state index >= 15 is 0 Å². The molecule has 2 aromatic carbocycles. The monoisotopic (exact) mass is 432 g/mol. The third-order valence-corrected chi connectivity index (χ3v) is 6.51. The van der Waals surface area contributed by atoms with Crippen molar-refractivity contribution in [1.29, 1.82) is 0 Å². The Kier molecular flexibility index (Phi) is 4.46. The second kappa shape index (κ2) is 6.64. The highest BCUT2D eigenvalue weighted by Crippen LogP contribution is 2.32. The van der Waals surface area contributed by atoms with E-state index in [1.165, 1.54) is 0 Å². The molecular weight excluding hydrogens is 416 g/mol. The molecule has 0 spiro atoms. The van der Waals surface area contributed by atoms with E-state index in [0.29, 0.717) is 17.7 Å². The summed E-state index contributed by atoms with van der Waals surface area (Å²) in [6.07, 6.45) is 1.78. The molecule has 1 fully saturated rings. The topological polar surface area (TPSA) is 75.3 Å². The number of rotatable bonds is 5. The molecule has 0 atom stereocenters. The second-order valence-electron chi connectivity index (χ2n) is 6.47. The molecule has 4 rings (SSSR count). The van der Waals surface area contributed by atoms with Crippen LogP contribution in [0.15, 0.2) is 57.9 Å². The van der Waals surface area contributed by atoms with Gasteiger partial charge in [0.05, 0.1) is 10.5 Å². The Bertz CT molecular complexity index is 1010. The molecule has 1 heterocycles. The number of carbonyl (C=O) groups excluding carboxylic acids is 1. The summed E-state index contributed by atoms with van der Waals surface area (Å²) in [5, 5.41) is 2.86. The Balaban J connectivity index is 1.71. The molecular formula is C19H17BrN2O3S. The number of hydrogen-bond donors (Lipinski definition) is 2. The van der Waals surface area contributed by atoms with Gasteiger partial charge in [0.25, 0.3) is 5.91 Å². The first-order chi connectivity index (χ1) is 12.4. The van der Waals surface area contributed by atoms with Crippen LogP contribution in [0.4, 0.5) is 0 Å². The van der Waals surface area contributed by atoms with E-state index in [1.54, 1.807) is 24.3 Å². The predicted molar refractivity (Wildman–Crippen MR) is 104 cm³/mol. The maximum atomic E-state index is 12.4. The zero-order valence-electron chi connectivity index (χ0n) is 13.8. The fourth-order valence-corrected chi connectivity index (χ4v) is 4.70. The number of halogens is 1. The zero-order valence-corrected chi connectivity index (χ0v) is 16.2. The molecule has 2 aliphatic rings. The van der Waals surface area contributed by atoms with Gasteiger partial charge in [-0.25, -0.2) is 13.1 Å². The van der Waals surface area contributed by atoms with Gasteiger partial charge in [0.15, 0.2) is 0 Å². The third kappa shape index (κ3) is 3.47. The van der Waals surface area contributed by atoms with Crippen molar-refractivity contribution in [3.63, 3.8) is 0 Å². The average molecular weight is 433 g/mol. The first-order valence-corrected chi connectivity index (χ1v) is 10.6. The van der Waals surface area contributed by atoms with Gasteiger partial charge in [0.2, 0.25) is 10.0 Å². The molecule has 0 bridgehead atoms. The van der Waals surface area contributed by atoms with E-state index in [1.807, 2.05) is 24.3 Å². The van der Waals surface area contributed by atoms with Crippen LogP contribution in [-0.4, -0.2) is 26.9 Å². The fourth-order valence-electron chi connectivity index (χ4n) is 3.00. The highest BCUT2D eigenvalue weighted by Gasteiger charge is 2.29. The number of carbonyl (C=O) groups is 1. The van der Waals surface area contributed by atoms with Crippen LogP contribution in [0.2, 0.25) is 0 Å². The molecule has 1 amide bonds. The van der Waals surface area contributed by atoms with Gasteiger partial charge in [-0.05, 0) is 53.8 Å². The smallest absolute Gasteiger partial charge is 0.252 e. The molecule has 1 aliphatic carbocycles. The van der Waals surface area contributed by atoms with Gasteiger partial charge in [0.1, 0.15) is 0 Å². The molecule has 1 aliphatic heterocycles. The van der Waals surface area contributed by atoms with E-state index < -0.39 is 10.0 Å². The lowest BCUT2D eigenvalue weighted by atomic mass is 9.97. The van der Waals surface area contributed by atoms with Crippen LogP contribution in [0.5, 0.6) is 0 Å². The number of nitrogens with one attached hydrogen (secondary N) is 2. The molecule has 0 aromatic heterocycles. The predicted octanol–water partition coefficient (Wildman–Crippen LogP) is 2.93. The second-order valence-corrected chi connectivity index (χ2v) is 9.10. The number of benzene rings is 2. The van der Waals surface area contributed by atoms with E-state index in [0.717, 1.165) is 28.5 Å². The van der Waals surface area contributed by atoms with E-state index in [4.69, 9.17) is 0 Å². The Labute approximate surface area is 160 Å². The van der Waals surface area contributed by atoms with Crippen LogP contribution in [0.1, 0.15) is 24.0 Å². The van der Waals surface area contributed by atoms with Crippen LogP contribution in [0.3, 0.4) is 0 Å². The first kappa shape index (κ1) is 17.5. The highest BCUT2D eigenvalue weighted by molar-refractivity contribution is 9.10. The average Bonchev–Trinajstić information content (AvgIpc) is 3.33. The number of hydrogen-bond acceptors (Lipinski definition) is 3. The van der Waals surface area contributed by atoms with Crippen LogP contribution in [0.25, 0.3) is 11.1 Å². The minimum Gasteiger partial charge on any atom is -0.348 e. The van der Waals surface area contributed by atoms with Crippen molar-refractivity contribution in [3.8, 4) is 0 Å². The Morgan fingerprint density at radius 1 is 1.04 bits per heavy atom. The van der Waals surface area contributed by atoms with E-state index in [-0.39, 0.29) is 16.8 Å². The minimum absolute atomic E-state index is 0.0612. The van der Waals surface area contributed by atoms with Gasteiger partial charge in [-0.2, -0.15) is 0 Å². The normalized spacial score (nSPS) is 17.5. The van der Waals surface area contributed by atoms with Crippen molar-refractivity contribution in [3.05, 3.63) is 64.1 Å². The molecule has 0 saturated heterocycles. The molecule has 2 N–H and O–H groups in total. The largest absolute Gasteiger partial charge is 0.348 e. The van der Waals surface area contributed by atoms with Gasteiger partial charge < -0.3 is 5.32 Å². The zero-order chi connectivity index (χ0) is 18.3. The molecule has 0 radical (unpaired) electrons. The molecule has 0 unspecified atom stereocenters. The van der Waals surface area contributed by atoms with Crippen molar-refractivity contribution in [2.24, 2.45) is 0 Å². The summed E-state index contributed by atoms with van der Waals surface area (Å²) >= 11 is 3.45. The van der Waals surface area contributed by atoms with Crippen molar-refractivity contribution in [2.75, 3.05) is 6.54 Å². The maximum absolute atomic E-state index is 12.4. The lowest BCUT2D eigenvalue weighted by Gasteiger charge is -2.09. The standard InChI is InChI=1S/C19H17BrN2O3S/c20-14-3-1-2-13(10-14)17-11-21-19(23)18(17)12-4-8-16(9-5-12)26(24,25)22-15-6-7-15/h1-5,8-10,15,22H,6-7,11H2,(H,21,23). The maximum Gasteiger partial charge on any atom is 0.252 e. The quantitative estimate of drug-likeness (QED) is 0.762. The van der Waals surface area contributed by atoms with Gasteiger partial charge in [0, 0.05) is 17.1 Å². The van der Waals surface area contributed by atoms with Crippen molar-refractivity contribution in [2.45, 2.75) is 23.8 Å². The van der Waals surface area contributed by atoms with Gasteiger partial charge in [-0.15, -0.1) is 0 Å². The summed E-state index contributed by atoms with van der Waals surface area (Å²) in [7, 11) is -3.49. The van der Waals surface area contributed by atoms with Crippen LogP contribution in [0, 0.1) is 0 Å². The lowest BCUT2D eigenvalue weighted by Crippen LogP contribution is -2.25.